The lowest BCUT2D eigenvalue weighted by Crippen LogP contribution is -3.14. The number of H-pyrrole nitrogens is 1. The number of carbonyl (C=O) groups excluding carboxylic acids is 1. The van der Waals surface area contributed by atoms with E-state index < -0.39 is 0 Å². The number of amides is 1. The minimum atomic E-state index is -0.243. The highest BCUT2D eigenvalue weighted by Gasteiger charge is 2.13. The van der Waals surface area contributed by atoms with E-state index in [1.54, 1.807) is 18.2 Å². The predicted octanol–water partition coefficient (Wildman–Crippen LogP) is -0.520. The number of carbonyl (C=O) groups is 1. The molecule has 8 heteroatoms. The second-order valence-corrected chi connectivity index (χ2v) is 6.57. The van der Waals surface area contributed by atoms with Gasteiger partial charge in [-0.05, 0) is 24.4 Å². The first-order chi connectivity index (χ1) is 12.1. The van der Waals surface area contributed by atoms with E-state index in [9.17, 15) is 9.59 Å². The number of aromatic amines is 1. The van der Waals surface area contributed by atoms with Gasteiger partial charge in [-0.2, -0.15) is 0 Å². The normalized spacial score (nSPS) is 15.4. The van der Waals surface area contributed by atoms with Crippen molar-refractivity contribution in [2.45, 2.75) is 13.0 Å². The molecule has 2 heterocycles. The summed E-state index contributed by atoms with van der Waals surface area (Å²) in [6.45, 7) is 5.21. The largest absolute Gasteiger partial charge is 0.370 e. The summed E-state index contributed by atoms with van der Waals surface area (Å²) in [6.07, 6.45) is 0.903. The molecule has 1 amide bonds. The van der Waals surface area contributed by atoms with Crippen LogP contribution in [-0.2, 0) is 16.1 Å². The summed E-state index contributed by atoms with van der Waals surface area (Å²) in [5.41, 5.74) is 0.440. The Morgan fingerprint density at radius 1 is 1.32 bits per heavy atom. The number of rotatable bonds is 6. The van der Waals surface area contributed by atoms with Crippen molar-refractivity contribution in [2.75, 3.05) is 39.4 Å². The van der Waals surface area contributed by atoms with E-state index in [1.807, 2.05) is 6.07 Å². The monoisotopic (exact) mass is 363 g/mol. The molecule has 25 heavy (non-hydrogen) atoms. The third kappa shape index (κ3) is 4.53. The van der Waals surface area contributed by atoms with Crippen molar-refractivity contribution >= 4 is 29.0 Å². The van der Waals surface area contributed by atoms with Gasteiger partial charge >= 0.3 is 0 Å². The van der Waals surface area contributed by atoms with Crippen LogP contribution in [0.3, 0.4) is 0 Å². The molecule has 3 N–H and O–H groups in total. The van der Waals surface area contributed by atoms with Gasteiger partial charge in [-0.15, -0.1) is 0 Å². The molecule has 0 unspecified atom stereocenters. The standard InChI is InChI=1S/C17H22N4O3S/c22-15(18-6-3-7-20-8-10-24-11-9-20)12-21-16(23)13-4-1-2-5-14(13)19-17(21)25/h1-2,4-5H,3,6-12H2,(H,18,22)(H,19,25)/p+1. The van der Waals surface area contributed by atoms with Crippen molar-refractivity contribution in [1.29, 1.82) is 0 Å². The second-order valence-electron chi connectivity index (χ2n) is 6.18. The number of fused-ring (bicyclic) bond motifs is 1. The Bertz CT molecular complexity index is 855. The first-order valence-corrected chi connectivity index (χ1v) is 8.96. The van der Waals surface area contributed by atoms with Gasteiger partial charge in [0.1, 0.15) is 19.6 Å². The fraction of sp³-hybridized carbons (Fsp3) is 0.471. The lowest BCUT2D eigenvalue weighted by molar-refractivity contribution is -0.908. The molecule has 3 rings (SSSR count). The average molecular weight is 363 g/mol. The molecular formula is C17H23N4O3S+. The summed E-state index contributed by atoms with van der Waals surface area (Å²) < 4.78 is 6.89. The summed E-state index contributed by atoms with van der Waals surface area (Å²) in [5, 5.41) is 3.40. The number of hydrogen-bond donors (Lipinski definition) is 3. The number of ether oxygens (including phenoxy) is 1. The van der Waals surface area contributed by atoms with Crippen molar-refractivity contribution < 1.29 is 14.4 Å². The van der Waals surface area contributed by atoms with Crippen LogP contribution in [0, 0.1) is 4.77 Å². The molecule has 1 aliphatic heterocycles. The van der Waals surface area contributed by atoms with E-state index in [0.717, 1.165) is 39.3 Å². The number of nitrogens with zero attached hydrogens (tertiary/aromatic N) is 1. The Kier molecular flexibility index (Phi) is 5.95. The van der Waals surface area contributed by atoms with E-state index in [4.69, 9.17) is 17.0 Å². The van der Waals surface area contributed by atoms with Gasteiger partial charge < -0.3 is 19.9 Å². The summed E-state index contributed by atoms with van der Waals surface area (Å²) in [7, 11) is 0. The third-order valence-corrected chi connectivity index (χ3v) is 4.74. The van der Waals surface area contributed by atoms with Crippen LogP contribution in [0.25, 0.3) is 10.9 Å². The van der Waals surface area contributed by atoms with Crippen LogP contribution < -0.4 is 15.8 Å². The maximum Gasteiger partial charge on any atom is 0.262 e. The first-order valence-electron chi connectivity index (χ1n) is 8.55. The Balaban J connectivity index is 1.55. The summed E-state index contributed by atoms with van der Waals surface area (Å²) in [5.74, 6) is -0.200. The molecule has 7 nitrogen and oxygen atoms in total. The van der Waals surface area contributed by atoms with Crippen LogP contribution in [-0.4, -0.2) is 54.9 Å². The predicted molar refractivity (Wildman–Crippen MR) is 97.4 cm³/mol. The fourth-order valence-electron chi connectivity index (χ4n) is 3.02. The molecule has 1 aliphatic rings. The van der Waals surface area contributed by atoms with Gasteiger partial charge in [-0.3, -0.25) is 14.2 Å². The molecule has 0 bridgehead atoms. The Morgan fingerprint density at radius 3 is 2.88 bits per heavy atom. The maximum atomic E-state index is 12.5. The number of nitrogens with one attached hydrogen (secondary N) is 3. The Morgan fingerprint density at radius 2 is 2.08 bits per heavy atom. The van der Waals surface area contributed by atoms with Crippen LogP contribution in [0.5, 0.6) is 0 Å². The molecule has 1 aromatic carbocycles. The van der Waals surface area contributed by atoms with Crippen molar-refractivity contribution in [3.05, 3.63) is 39.4 Å². The number of morpholine rings is 1. The van der Waals surface area contributed by atoms with Gasteiger partial charge in [0.15, 0.2) is 4.77 Å². The van der Waals surface area contributed by atoms with Gasteiger partial charge in [0.25, 0.3) is 5.56 Å². The summed E-state index contributed by atoms with van der Waals surface area (Å²) >= 11 is 5.22. The number of quaternary nitrogens is 1. The van der Waals surface area contributed by atoms with Crippen LogP contribution in [0.1, 0.15) is 6.42 Å². The van der Waals surface area contributed by atoms with Gasteiger partial charge in [0.05, 0.1) is 30.7 Å². The van der Waals surface area contributed by atoms with Gasteiger partial charge in [0, 0.05) is 13.0 Å². The SMILES string of the molecule is O=C(Cn1c(=S)[nH]c2ccccc2c1=O)NCCC[NH+]1CCOCC1. The highest BCUT2D eigenvalue weighted by atomic mass is 32.1. The summed E-state index contributed by atoms with van der Waals surface area (Å²) in [6, 6.07) is 7.15. The fourth-order valence-corrected chi connectivity index (χ4v) is 3.28. The van der Waals surface area contributed by atoms with Gasteiger partial charge in [-0.25, -0.2) is 0 Å². The molecule has 2 aromatic rings. The van der Waals surface area contributed by atoms with Crippen LogP contribution >= 0.6 is 12.2 Å². The third-order valence-electron chi connectivity index (χ3n) is 4.42. The van der Waals surface area contributed by atoms with Crippen molar-refractivity contribution in [3.63, 3.8) is 0 Å². The molecule has 1 saturated heterocycles. The van der Waals surface area contributed by atoms with Crippen LogP contribution in [0.4, 0.5) is 0 Å². The smallest absolute Gasteiger partial charge is 0.262 e. The highest BCUT2D eigenvalue weighted by molar-refractivity contribution is 7.71. The molecule has 0 aliphatic carbocycles. The van der Waals surface area contributed by atoms with Crippen molar-refractivity contribution in [3.8, 4) is 0 Å². The lowest BCUT2D eigenvalue weighted by Gasteiger charge is -2.23. The van der Waals surface area contributed by atoms with E-state index in [-0.39, 0.29) is 22.8 Å². The number of aromatic nitrogens is 2. The zero-order chi connectivity index (χ0) is 17.6. The number of benzene rings is 1. The minimum absolute atomic E-state index is 0.0661. The topological polar surface area (TPSA) is 80.6 Å². The molecule has 0 radical (unpaired) electrons. The van der Waals surface area contributed by atoms with E-state index in [2.05, 4.69) is 10.3 Å². The van der Waals surface area contributed by atoms with Crippen molar-refractivity contribution in [2.24, 2.45) is 0 Å². The molecule has 134 valence electrons. The molecule has 0 spiro atoms. The van der Waals surface area contributed by atoms with E-state index in [0.29, 0.717) is 17.4 Å². The zero-order valence-corrected chi connectivity index (χ0v) is 14.9. The minimum Gasteiger partial charge on any atom is -0.370 e. The molecule has 0 saturated carbocycles. The van der Waals surface area contributed by atoms with E-state index >= 15 is 0 Å². The van der Waals surface area contributed by atoms with Crippen LogP contribution in [0.15, 0.2) is 29.1 Å². The quantitative estimate of drug-likeness (QED) is 0.477. The Labute approximate surface area is 150 Å². The van der Waals surface area contributed by atoms with E-state index in [1.165, 1.54) is 9.47 Å². The Hall–Kier alpha value is -2.03. The highest BCUT2D eigenvalue weighted by Crippen LogP contribution is 2.05. The van der Waals surface area contributed by atoms with Crippen LogP contribution in [0.2, 0.25) is 0 Å². The first kappa shape index (κ1) is 17.8. The molecule has 1 aromatic heterocycles. The molecular weight excluding hydrogens is 340 g/mol. The number of para-hydroxylation sites is 1. The zero-order valence-electron chi connectivity index (χ0n) is 14.0. The van der Waals surface area contributed by atoms with Gasteiger partial charge in [0.2, 0.25) is 5.91 Å². The molecule has 0 atom stereocenters. The van der Waals surface area contributed by atoms with Gasteiger partial charge in [-0.1, -0.05) is 12.1 Å². The average Bonchev–Trinajstić information content (AvgIpc) is 2.63. The summed E-state index contributed by atoms with van der Waals surface area (Å²) in [4.78, 5) is 29.2. The second kappa shape index (κ2) is 8.37. The molecule has 1 fully saturated rings. The number of hydrogen-bond acceptors (Lipinski definition) is 4. The maximum absolute atomic E-state index is 12.5. The van der Waals surface area contributed by atoms with Crippen molar-refractivity contribution in [1.82, 2.24) is 14.9 Å². The lowest BCUT2D eigenvalue weighted by atomic mass is 10.2.